The summed E-state index contributed by atoms with van der Waals surface area (Å²) in [6.45, 7) is 2.93. The number of nitrogens with zero attached hydrogens (tertiary/aromatic N) is 1. The summed E-state index contributed by atoms with van der Waals surface area (Å²) >= 11 is 3.54. The van der Waals surface area contributed by atoms with E-state index < -0.39 is 0 Å². The topological polar surface area (TPSA) is 12.5 Å². The van der Waals surface area contributed by atoms with Crippen LogP contribution in [0.2, 0.25) is 0 Å². The minimum atomic E-state index is -0.0248. The molecule has 2 aliphatic rings. The molecule has 86 valence electrons. The predicted molar refractivity (Wildman–Crippen MR) is 67.6 cm³/mol. The van der Waals surface area contributed by atoms with E-state index in [9.17, 15) is 0 Å². The molecule has 1 heterocycles. The summed E-state index contributed by atoms with van der Waals surface area (Å²) in [6.07, 6.45) is 2.27. The highest BCUT2D eigenvalue weighted by molar-refractivity contribution is 9.10. The van der Waals surface area contributed by atoms with Crippen molar-refractivity contribution in [3.05, 3.63) is 33.8 Å². The Morgan fingerprint density at radius 2 is 2.31 bits per heavy atom. The Balaban J connectivity index is 2.01. The smallest absolute Gasteiger partial charge is 0.106 e. The predicted octanol–water partition coefficient (Wildman–Crippen LogP) is 2.55. The Kier molecular flexibility index (Phi) is 2.57. The van der Waals surface area contributed by atoms with Gasteiger partial charge >= 0.3 is 0 Å². The molecule has 0 saturated carbocycles. The van der Waals surface area contributed by atoms with Gasteiger partial charge in [0.15, 0.2) is 0 Å². The van der Waals surface area contributed by atoms with Crippen LogP contribution in [0, 0.1) is 0 Å². The van der Waals surface area contributed by atoms with Crippen molar-refractivity contribution in [2.45, 2.75) is 18.4 Å². The van der Waals surface area contributed by atoms with Crippen LogP contribution in [-0.4, -0.2) is 31.6 Å². The molecule has 0 N–H and O–H groups in total. The summed E-state index contributed by atoms with van der Waals surface area (Å²) in [6, 6.07) is 6.59. The number of halogens is 1. The molecule has 1 fully saturated rings. The molecule has 1 unspecified atom stereocenters. The van der Waals surface area contributed by atoms with Crippen molar-refractivity contribution in [1.29, 1.82) is 0 Å². The van der Waals surface area contributed by atoms with Crippen LogP contribution in [0.25, 0.3) is 0 Å². The van der Waals surface area contributed by atoms with Crippen molar-refractivity contribution < 1.29 is 4.74 Å². The number of hydrogen-bond donors (Lipinski definition) is 0. The van der Waals surface area contributed by atoms with Crippen LogP contribution >= 0.6 is 15.9 Å². The second-order valence-electron chi connectivity index (χ2n) is 4.88. The van der Waals surface area contributed by atoms with E-state index in [1.165, 1.54) is 15.6 Å². The number of hydrogen-bond acceptors (Lipinski definition) is 2. The van der Waals surface area contributed by atoms with Crippen LogP contribution in [-0.2, 0) is 16.8 Å². The van der Waals surface area contributed by atoms with Gasteiger partial charge in [-0.05, 0) is 43.1 Å². The quantitative estimate of drug-likeness (QED) is 0.725. The average molecular weight is 282 g/mol. The van der Waals surface area contributed by atoms with Crippen LogP contribution in [0.5, 0.6) is 0 Å². The molecule has 0 radical (unpaired) electrons. The summed E-state index contributed by atoms with van der Waals surface area (Å²) in [5.41, 5.74) is 2.83. The highest BCUT2D eigenvalue weighted by atomic mass is 79.9. The summed E-state index contributed by atoms with van der Waals surface area (Å²) in [5, 5.41) is 0. The number of likely N-dealkylation sites (N-methyl/N-ethyl adjacent to an activating group) is 1. The van der Waals surface area contributed by atoms with Crippen LogP contribution in [0.4, 0.5) is 0 Å². The first-order valence-electron chi connectivity index (χ1n) is 5.81. The lowest BCUT2D eigenvalue weighted by molar-refractivity contribution is -0.107. The highest BCUT2D eigenvalue weighted by Crippen LogP contribution is 2.42. The average Bonchev–Trinajstić information content (AvgIpc) is 2.57. The second-order valence-corrected chi connectivity index (χ2v) is 5.80. The van der Waals surface area contributed by atoms with E-state index in [1.54, 1.807) is 0 Å². The van der Waals surface area contributed by atoms with Gasteiger partial charge in [0.25, 0.3) is 0 Å². The first kappa shape index (κ1) is 10.8. The third kappa shape index (κ3) is 1.62. The number of fused-ring (bicyclic) bond motifs is 2. The van der Waals surface area contributed by atoms with Crippen molar-refractivity contribution in [3.8, 4) is 0 Å². The number of aryl methyl sites for hydroxylation is 1. The number of rotatable bonds is 0. The summed E-state index contributed by atoms with van der Waals surface area (Å²) in [5.74, 6) is 0. The van der Waals surface area contributed by atoms with Gasteiger partial charge in [-0.1, -0.05) is 22.0 Å². The third-order valence-electron chi connectivity index (χ3n) is 3.73. The fourth-order valence-corrected chi connectivity index (χ4v) is 3.37. The lowest BCUT2D eigenvalue weighted by atomic mass is 9.94. The first-order valence-corrected chi connectivity index (χ1v) is 6.60. The molecule has 1 aliphatic heterocycles. The molecule has 1 aromatic carbocycles. The van der Waals surface area contributed by atoms with Crippen LogP contribution in [0.1, 0.15) is 17.5 Å². The van der Waals surface area contributed by atoms with E-state index >= 15 is 0 Å². The third-order valence-corrected chi connectivity index (χ3v) is 4.23. The lowest BCUT2D eigenvalue weighted by Gasteiger charge is -2.39. The minimum absolute atomic E-state index is 0.0248. The van der Waals surface area contributed by atoms with Gasteiger partial charge in [0, 0.05) is 17.6 Å². The van der Waals surface area contributed by atoms with E-state index in [0.717, 1.165) is 32.5 Å². The molecule has 1 spiro atoms. The maximum Gasteiger partial charge on any atom is 0.106 e. The molecule has 3 heteroatoms. The molecule has 16 heavy (non-hydrogen) atoms. The second kappa shape index (κ2) is 3.83. The Bertz CT molecular complexity index is 420. The van der Waals surface area contributed by atoms with Gasteiger partial charge in [0.1, 0.15) is 5.60 Å². The molecule has 1 aromatic rings. The fourth-order valence-electron chi connectivity index (χ4n) is 2.96. The standard InChI is InChI=1S/C13H16BrNO/c1-15-6-7-16-13(9-15)5-4-10-8-11(14)2-3-12(10)13/h2-3,8H,4-7,9H2,1H3. The highest BCUT2D eigenvalue weighted by Gasteiger charge is 2.42. The normalized spacial score (nSPS) is 29.6. The van der Waals surface area contributed by atoms with E-state index in [1.807, 2.05) is 0 Å². The molecular weight excluding hydrogens is 266 g/mol. The van der Waals surface area contributed by atoms with Gasteiger partial charge in [-0.3, -0.25) is 0 Å². The van der Waals surface area contributed by atoms with E-state index in [0.29, 0.717) is 0 Å². The SMILES string of the molecule is CN1CCOC2(CCc3cc(Br)ccc32)C1. The molecule has 1 atom stereocenters. The maximum atomic E-state index is 6.11. The molecule has 2 nitrogen and oxygen atoms in total. The van der Waals surface area contributed by atoms with Gasteiger partial charge in [0.2, 0.25) is 0 Å². The van der Waals surface area contributed by atoms with Crippen LogP contribution in [0.15, 0.2) is 22.7 Å². The van der Waals surface area contributed by atoms with Gasteiger partial charge in [-0.2, -0.15) is 0 Å². The number of ether oxygens (including phenoxy) is 1. The zero-order chi connectivity index (χ0) is 11.2. The van der Waals surface area contributed by atoms with Crippen molar-refractivity contribution in [1.82, 2.24) is 4.90 Å². The monoisotopic (exact) mass is 281 g/mol. The largest absolute Gasteiger partial charge is 0.368 e. The summed E-state index contributed by atoms with van der Waals surface area (Å²) in [7, 11) is 2.18. The lowest BCUT2D eigenvalue weighted by Crippen LogP contribution is -2.46. The van der Waals surface area contributed by atoms with Gasteiger partial charge < -0.3 is 9.64 Å². The Hall–Kier alpha value is -0.380. The first-order chi connectivity index (χ1) is 7.70. The van der Waals surface area contributed by atoms with Crippen molar-refractivity contribution in [2.24, 2.45) is 0 Å². The van der Waals surface area contributed by atoms with Crippen molar-refractivity contribution in [2.75, 3.05) is 26.7 Å². The van der Waals surface area contributed by atoms with Crippen molar-refractivity contribution in [3.63, 3.8) is 0 Å². The molecule has 1 saturated heterocycles. The molecule has 0 aromatic heterocycles. The Morgan fingerprint density at radius 3 is 3.12 bits per heavy atom. The minimum Gasteiger partial charge on any atom is -0.368 e. The molecule has 0 amide bonds. The Morgan fingerprint density at radius 1 is 1.44 bits per heavy atom. The van der Waals surface area contributed by atoms with Gasteiger partial charge in [-0.15, -0.1) is 0 Å². The zero-order valence-electron chi connectivity index (χ0n) is 9.50. The van der Waals surface area contributed by atoms with Gasteiger partial charge in [-0.25, -0.2) is 0 Å². The summed E-state index contributed by atoms with van der Waals surface area (Å²) < 4.78 is 7.28. The maximum absolute atomic E-state index is 6.11. The number of morpholine rings is 1. The van der Waals surface area contributed by atoms with E-state index in [-0.39, 0.29) is 5.60 Å². The van der Waals surface area contributed by atoms with E-state index in [2.05, 4.69) is 46.1 Å². The molecular formula is C13H16BrNO. The van der Waals surface area contributed by atoms with E-state index in [4.69, 9.17) is 4.74 Å². The van der Waals surface area contributed by atoms with Crippen molar-refractivity contribution >= 4 is 15.9 Å². The Labute approximate surface area is 105 Å². The van der Waals surface area contributed by atoms with Crippen LogP contribution < -0.4 is 0 Å². The summed E-state index contributed by atoms with van der Waals surface area (Å²) in [4.78, 5) is 2.38. The fraction of sp³-hybridized carbons (Fsp3) is 0.538. The number of benzene rings is 1. The zero-order valence-corrected chi connectivity index (χ0v) is 11.1. The molecule has 0 bridgehead atoms. The van der Waals surface area contributed by atoms with Gasteiger partial charge in [0.05, 0.1) is 6.61 Å². The molecule has 3 rings (SSSR count). The molecule has 1 aliphatic carbocycles. The van der Waals surface area contributed by atoms with Crippen LogP contribution in [0.3, 0.4) is 0 Å².